The topological polar surface area (TPSA) is 12.0 Å². The number of anilines is 1. The van der Waals surface area contributed by atoms with Gasteiger partial charge in [0, 0.05) is 23.2 Å². The molecule has 0 fully saturated rings. The monoisotopic (exact) mass is 247 g/mol. The molecule has 0 saturated carbocycles. The molecule has 17 heavy (non-hydrogen) atoms. The van der Waals surface area contributed by atoms with E-state index in [1.165, 1.54) is 12.0 Å². The number of rotatable bonds is 4. The predicted molar refractivity (Wildman–Crippen MR) is 75.3 cm³/mol. The Hall–Kier alpha value is -1.21. The van der Waals surface area contributed by atoms with Gasteiger partial charge in [0.2, 0.25) is 0 Å². The van der Waals surface area contributed by atoms with Crippen molar-refractivity contribution in [3.8, 4) is 0 Å². The summed E-state index contributed by atoms with van der Waals surface area (Å²) in [6, 6.07) is 10.3. The lowest BCUT2D eigenvalue weighted by atomic mass is 9.90. The van der Waals surface area contributed by atoms with Crippen molar-refractivity contribution < 1.29 is 0 Å². The number of nitrogens with one attached hydrogen (secondary N) is 1. The van der Waals surface area contributed by atoms with E-state index >= 15 is 0 Å². The van der Waals surface area contributed by atoms with E-state index in [-0.39, 0.29) is 0 Å². The second kappa shape index (κ2) is 5.92. The number of allylic oxidation sites excluding steroid dienone is 2. The van der Waals surface area contributed by atoms with Gasteiger partial charge >= 0.3 is 0 Å². The minimum Gasteiger partial charge on any atom is -0.384 e. The van der Waals surface area contributed by atoms with Gasteiger partial charge in [0.25, 0.3) is 0 Å². The summed E-state index contributed by atoms with van der Waals surface area (Å²) in [7, 11) is 0. The Morgan fingerprint density at radius 3 is 2.82 bits per heavy atom. The van der Waals surface area contributed by atoms with Gasteiger partial charge < -0.3 is 5.32 Å². The first kappa shape index (κ1) is 12.3. The van der Waals surface area contributed by atoms with Crippen molar-refractivity contribution in [3.63, 3.8) is 0 Å². The smallest absolute Gasteiger partial charge is 0.0340 e. The number of halogens is 1. The predicted octanol–water partition coefficient (Wildman–Crippen LogP) is 4.58. The van der Waals surface area contributed by atoms with E-state index in [0.717, 1.165) is 30.1 Å². The van der Waals surface area contributed by atoms with E-state index in [9.17, 15) is 0 Å². The third-order valence-electron chi connectivity index (χ3n) is 3.24. The van der Waals surface area contributed by atoms with Crippen molar-refractivity contribution in [1.29, 1.82) is 0 Å². The molecule has 0 heterocycles. The Kier molecular flexibility index (Phi) is 4.27. The van der Waals surface area contributed by atoms with Crippen LogP contribution in [-0.4, -0.2) is 6.54 Å². The van der Waals surface area contributed by atoms with Crippen LogP contribution in [0.15, 0.2) is 53.6 Å². The molecule has 0 bridgehead atoms. The lowest BCUT2D eigenvalue weighted by Gasteiger charge is -2.24. The summed E-state index contributed by atoms with van der Waals surface area (Å²) in [4.78, 5) is 0. The van der Waals surface area contributed by atoms with Crippen LogP contribution in [0.5, 0.6) is 0 Å². The molecule has 0 aromatic heterocycles. The minimum absolute atomic E-state index is 0.429. The molecular formula is C15H18ClN. The van der Waals surface area contributed by atoms with Crippen LogP contribution in [0.1, 0.15) is 19.3 Å². The van der Waals surface area contributed by atoms with Crippen LogP contribution in [0, 0.1) is 5.92 Å². The third kappa shape index (κ3) is 3.13. The number of hydrogen-bond acceptors (Lipinski definition) is 1. The van der Waals surface area contributed by atoms with Crippen LogP contribution in [0.2, 0.25) is 0 Å². The molecule has 90 valence electrons. The standard InChI is InChI=1S/C15H18ClN/c1-2-12-7-6-8-13(15(12)16)11-17-14-9-4-3-5-10-14/h2-5,9-10,13,17H,1,6-8,11H2. The fourth-order valence-corrected chi connectivity index (χ4v) is 2.59. The van der Waals surface area contributed by atoms with Crippen molar-refractivity contribution in [1.82, 2.24) is 0 Å². The molecule has 2 rings (SSSR count). The molecule has 1 aliphatic carbocycles. The summed E-state index contributed by atoms with van der Waals surface area (Å²) in [5.41, 5.74) is 2.38. The fraction of sp³-hybridized carbons (Fsp3) is 0.333. The number of benzene rings is 1. The van der Waals surface area contributed by atoms with Crippen molar-refractivity contribution >= 4 is 17.3 Å². The average molecular weight is 248 g/mol. The Morgan fingerprint density at radius 1 is 1.35 bits per heavy atom. The highest BCUT2D eigenvalue weighted by atomic mass is 35.5. The van der Waals surface area contributed by atoms with Gasteiger partial charge in [0.05, 0.1) is 0 Å². The van der Waals surface area contributed by atoms with Crippen molar-refractivity contribution in [2.75, 3.05) is 11.9 Å². The molecule has 1 atom stereocenters. The highest BCUT2D eigenvalue weighted by Gasteiger charge is 2.19. The average Bonchev–Trinajstić information content (AvgIpc) is 2.39. The highest BCUT2D eigenvalue weighted by molar-refractivity contribution is 6.30. The molecule has 1 nitrogen and oxygen atoms in total. The van der Waals surface area contributed by atoms with Crippen LogP contribution in [0.25, 0.3) is 0 Å². The minimum atomic E-state index is 0.429. The van der Waals surface area contributed by atoms with E-state index < -0.39 is 0 Å². The van der Waals surface area contributed by atoms with Crippen molar-refractivity contribution in [3.05, 3.63) is 53.6 Å². The molecule has 0 amide bonds. The molecule has 0 aliphatic heterocycles. The molecule has 1 aliphatic rings. The van der Waals surface area contributed by atoms with E-state index in [0.29, 0.717) is 5.92 Å². The quantitative estimate of drug-likeness (QED) is 0.821. The van der Waals surface area contributed by atoms with E-state index in [2.05, 4.69) is 24.0 Å². The maximum Gasteiger partial charge on any atom is 0.0340 e. The lowest BCUT2D eigenvalue weighted by molar-refractivity contribution is 0.543. The first-order chi connectivity index (χ1) is 8.31. The number of para-hydroxylation sites is 1. The van der Waals surface area contributed by atoms with Crippen molar-refractivity contribution in [2.24, 2.45) is 5.92 Å². The molecule has 2 heteroatoms. The Labute approximate surface area is 108 Å². The van der Waals surface area contributed by atoms with Gasteiger partial charge in [0.1, 0.15) is 0 Å². The Morgan fingerprint density at radius 2 is 2.12 bits per heavy atom. The molecule has 0 radical (unpaired) electrons. The Balaban J connectivity index is 1.98. The fourth-order valence-electron chi connectivity index (χ4n) is 2.24. The van der Waals surface area contributed by atoms with E-state index in [1.807, 2.05) is 24.3 Å². The zero-order chi connectivity index (χ0) is 12.1. The maximum absolute atomic E-state index is 6.38. The Bertz CT molecular complexity index is 408. The molecule has 0 spiro atoms. The second-order valence-corrected chi connectivity index (χ2v) is 4.82. The summed E-state index contributed by atoms with van der Waals surface area (Å²) in [5, 5.41) is 4.43. The molecule has 1 aromatic carbocycles. The van der Waals surface area contributed by atoms with E-state index in [1.54, 1.807) is 0 Å². The summed E-state index contributed by atoms with van der Waals surface area (Å²) >= 11 is 6.38. The van der Waals surface area contributed by atoms with Crippen LogP contribution in [0.3, 0.4) is 0 Å². The molecule has 1 aromatic rings. The van der Waals surface area contributed by atoms with E-state index in [4.69, 9.17) is 11.6 Å². The highest BCUT2D eigenvalue weighted by Crippen LogP contribution is 2.33. The zero-order valence-corrected chi connectivity index (χ0v) is 10.7. The second-order valence-electron chi connectivity index (χ2n) is 4.41. The molecular weight excluding hydrogens is 230 g/mol. The third-order valence-corrected chi connectivity index (χ3v) is 3.79. The zero-order valence-electron chi connectivity index (χ0n) is 9.95. The van der Waals surface area contributed by atoms with Crippen LogP contribution in [0.4, 0.5) is 5.69 Å². The van der Waals surface area contributed by atoms with Crippen LogP contribution >= 0.6 is 11.6 Å². The van der Waals surface area contributed by atoms with Crippen molar-refractivity contribution in [2.45, 2.75) is 19.3 Å². The summed E-state index contributed by atoms with van der Waals surface area (Å²) < 4.78 is 0. The van der Waals surface area contributed by atoms with Gasteiger partial charge in [-0.3, -0.25) is 0 Å². The van der Waals surface area contributed by atoms with Gasteiger partial charge in [-0.2, -0.15) is 0 Å². The summed E-state index contributed by atoms with van der Waals surface area (Å²) in [5.74, 6) is 0.429. The largest absolute Gasteiger partial charge is 0.384 e. The summed E-state index contributed by atoms with van der Waals surface area (Å²) in [6.45, 7) is 4.73. The van der Waals surface area contributed by atoms with Gasteiger partial charge in [-0.1, -0.05) is 42.5 Å². The summed E-state index contributed by atoms with van der Waals surface area (Å²) in [6.07, 6.45) is 5.34. The maximum atomic E-state index is 6.38. The number of hydrogen-bond donors (Lipinski definition) is 1. The van der Waals surface area contributed by atoms with Crippen LogP contribution < -0.4 is 5.32 Å². The van der Waals surface area contributed by atoms with Gasteiger partial charge in [-0.25, -0.2) is 0 Å². The normalized spacial score (nSPS) is 20.2. The SMILES string of the molecule is C=CC1=C(Cl)C(CNc2ccccc2)CCC1. The van der Waals surface area contributed by atoms with Crippen LogP contribution in [-0.2, 0) is 0 Å². The lowest BCUT2D eigenvalue weighted by Crippen LogP contribution is -2.18. The molecule has 0 saturated heterocycles. The van der Waals surface area contributed by atoms with Gasteiger partial charge in [-0.05, 0) is 37.0 Å². The molecule has 1 unspecified atom stereocenters. The van der Waals surface area contributed by atoms with Gasteiger partial charge in [0.15, 0.2) is 0 Å². The first-order valence-corrected chi connectivity index (χ1v) is 6.49. The molecule has 1 N–H and O–H groups in total. The van der Waals surface area contributed by atoms with Gasteiger partial charge in [-0.15, -0.1) is 0 Å². The first-order valence-electron chi connectivity index (χ1n) is 6.11.